The van der Waals surface area contributed by atoms with Crippen molar-refractivity contribution < 1.29 is 4.79 Å². The maximum absolute atomic E-state index is 10.9. The lowest BCUT2D eigenvalue weighted by molar-refractivity contribution is 0.112. The standard InChI is InChI=1S/C13H13BrN2O/c1-8-4-12(14)6-15-13(8)16-9(2)5-11(7-17)10(16)3/h4-7H,1-3H3. The molecule has 0 amide bonds. The normalized spacial score (nSPS) is 10.6. The third-order valence-corrected chi connectivity index (χ3v) is 3.26. The van der Waals surface area contributed by atoms with Gasteiger partial charge in [0.1, 0.15) is 5.82 Å². The van der Waals surface area contributed by atoms with Gasteiger partial charge in [-0.05, 0) is 54.4 Å². The molecule has 0 aromatic carbocycles. The van der Waals surface area contributed by atoms with Gasteiger partial charge in [-0.2, -0.15) is 0 Å². The number of hydrogen-bond donors (Lipinski definition) is 0. The molecule has 88 valence electrons. The molecule has 0 saturated heterocycles. The van der Waals surface area contributed by atoms with Crippen LogP contribution >= 0.6 is 15.9 Å². The number of carbonyl (C=O) groups excluding carboxylic acids is 1. The number of nitrogens with zero attached hydrogens (tertiary/aromatic N) is 2. The Bertz CT molecular complexity index is 587. The zero-order chi connectivity index (χ0) is 12.6. The second-order valence-corrected chi connectivity index (χ2v) is 4.99. The summed E-state index contributed by atoms with van der Waals surface area (Å²) in [5.74, 6) is 0.872. The van der Waals surface area contributed by atoms with Crippen LogP contribution in [0.15, 0.2) is 22.8 Å². The van der Waals surface area contributed by atoms with E-state index in [2.05, 4.69) is 20.9 Å². The molecule has 0 unspecified atom stereocenters. The number of aldehydes is 1. The fourth-order valence-corrected chi connectivity index (χ4v) is 2.45. The van der Waals surface area contributed by atoms with E-state index in [-0.39, 0.29) is 0 Å². The molecule has 2 heterocycles. The van der Waals surface area contributed by atoms with Gasteiger partial charge in [0.2, 0.25) is 0 Å². The van der Waals surface area contributed by atoms with Crippen LogP contribution in [0.1, 0.15) is 27.3 Å². The Hall–Kier alpha value is -1.42. The van der Waals surface area contributed by atoms with Crippen LogP contribution in [0, 0.1) is 20.8 Å². The second-order valence-electron chi connectivity index (χ2n) is 4.07. The van der Waals surface area contributed by atoms with Gasteiger partial charge in [0.05, 0.1) is 0 Å². The average Bonchev–Trinajstić information content (AvgIpc) is 2.55. The minimum absolute atomic E-state index is 0.714. The van der Waals surface area contributed by atoms with Gasteiger partial charge in [0.25, 0.3) is 0 Å². The van der Waals surface area contributed by atoms with Crippen molar-refractivity contribution in [3.05, 3.63) is 45.3 Å². The maximum Gasteiger partial charge on any atom is 0.151 e. The number of carbonyl (C=O) groups is 1. The SMILES string of the molecule is Cc1cc(Br)cnc1-n1c(C)cc(C=O)c1C. The predicted molar refractivity (Wildman–Crippen MR) is 70.9 cm³/mol. The Kier molecular flexibility index (Phi) is 3.15. The Morgan fingerprint density at radius 3 is 2.53 bits per heavy atom. The summed E-state index contributed by atoms with van der Waals surface area (Å²) in [5, 5.41) is 0. The average molecular weight is 293 g/mol. The third kappa shape index (κ3) is 2.05. The van der Waals surface area contributed by atoms with Crippen molar-refractivity contribution in [2.75, 3.05) is 0 Å². The van der Waals surface area contributed by atoms with Gasteiger partial charge in [-0.1, -0.05) is 0 Å². The van der Waals surface area contributed by atoms with Gasteiger partial charge < -0.3 is 4.57 Å². The highest BCUT2D eigenvalue weighted by Crippen LogP contribution is 2.22. The van der Waals surface area contributed by atoms with E-state index in [0.29, 0.717) is 5.56 Å². The Labute approximate surface area is 109 Å². The molecule has 0 aliphatic rings. The Morgan fingerprint density at radius 1 is 1.29 bits per heavy atom. The van der Waals surface area contributed by atoms with Gasteiger partial charge in [0, 0.05) is 27.6 Å². The van der Waals surface area contributed by atoms with Crippen molar-refractivity contribution in [2.45, 2.75) is 20.8 Å². The lowest BCUT2D eigenvalue weighted by atomic mass is 10.2. The summed E-state index contributed by atoms with van der Waals surface area (Å²) < 4.78 is 2.96. The van der Waals surface area contributed by atoms with Gasteiger partial charge in [-0.3, -0.25) is 4.79 Å². The fourth-order valence-electron chi connectivity index (χ4n) is 2.00. The zero-order valence-electron chi connectivity index (χ0n) is 9.99. The van der Waals surface area contributed by atoms with Crippen LogP contribution in [-0.4, -0.2) is 15.8 Å². The molecule has 0 radical (unpaired) electrons. The molecule has 3 nitrogen and oxygen atoms in total. The summed E-state index contributed by atoms with van der Waals surface area (Å²) in [6.07, 6.45) is 2.65. The van der Waals surface area contributed by atoms with Crippen LogP contribution in [-0.2, 0) is 0 Å². The van der Waals surface area contributed by atoms with Crippen LogP contribution in [0.5, 0.6) is 0 Å². The summed E-state index contributed by atoms with van der Waals surface area (Å²) in [4.78, 5) is 15.3. The summed E-state index contributed by atoms with van der Waals surface area (Å²) in [5.41, 5.74) is 3.73. The lowest BCUT2D eigenvalue weighted by Gasteiger charge is -2.11. The van der Waals surface area contributed by atoms with E-state index in [1.165, 1.54) is 0 Å². The van der Waals surface area contributed by atoms with Crippen molar-refractivity contribution in [1.29, 1.82) is 0 Å². The van der Waals surface area contributed by atoms with Crippen molar-refractivity contribution in [3.8, 4) is 5.82 Å². The van der Waals surface area contributed by atoms with E-state index in [4.69, 9.17) is 0 Å². The maximum atomic E-state index is 10.9. The Balaban J connectivity index is 2.68. The summed E-state index contributed by atoms with van der Waals surface area (Å²) in [7, 11) is 0. The first-order chi connectivity index (χ1) is 8.04. The summed E-state index contributed by atoms with van der Waals surface area (Å²) >= 11 is 3.40. The van der Waals surface area contributed by atoms with Gasteiger partial charge in [-0.25, -0.2) is 4.98 Å². The number of rotatable bonds is 2. The quantitative estimate of drug-likeness (QED) is 0.796. The van der Waals surface area contributed by atoms with Gasteiger partial charge in [-0.15, -0.1) is 0 Å². The molecule has 0 saturated carbocycles. The molecule has 2 aromatic rings. The number of halogens is 1. The van der Waals surface area contributed by atoms with Crippen molar-refractivity contribution in [1.82, 2.24) is 9.55 Å². The van der Waals surface area contributed by atoms with Gasteiger partial charge >= 0.3 is 0 Å². The highest BCUT2D eigenvalue weighted by molar-refractivity contribution is 9.10. The van der Waals surface area contributed by atoms with E-state index in [9.17, 15) is 4.79 Å². The second kappa shape index (κ2) is 4.45. The molecule has 4 heteroatoms. The van der Waals surface area contributed by atoms with Crippen molar-refractivity contribution in [3.63, 3.8) is 0 Å². The highest BCUT2D eigenvalue weighted by atomic mass is 79.9. The van der Waals surface area contributed by atoms with Crippen LogP contribution in [0.4, 0.5) is 0 Å². The molecule has 17 heavy (non-hydrogen) atoms. The number of aromatic nitrogens is 2. The van der Waals surface area contributed by atoms with E-state index in [1.54, 1.807) is 6.20 Å². The van der Waals surface area contributed by atoms with Crippen LogP contribution in [0.2, 0.25) is 0 Å². The summed E-state index contributed by atoms with van der Waals surface area (Å²) in [6.45, 7) is 5.91. The van der Waals surface area contributed by atoms with E-state index < -0.39 is 0 Å². The fraction of sp³-hybridized carbons (Fsp3) is 0.231. The lowest BCUT2D eigenvalue weighted by Crippen LogP contribution is -2.04. The molecule has 2 aromatic heterocycles. The first-order valence-electron chi connectivity index (χ1n) is 5.31. The monoisotopic (exact) mass is 292 g/mol. The zero-order valence-corrected chi connectivity index (χ0v) is 11.6. The molecular weight excluding hydrogens is 280 g/mol. The van der Waals surface area contributed by atoms with Crippen LogP contribution in [0.25, 0.3) is 5.82 Å². The van der Waals surface area contributed by atoms with Crippen LogP contribution in [0.3, 0.4) is 0 Å². The van der Waals surface area contributed by atoms with E-state index in [1.807, 2.05) is 37.5 Å². The van der Waals surface area contributed by atoms with E-state index >= 15 is 0 Å². The first kappa shape index (κ1) is 12.0. The summed E-state index contributed by atoms with van der Waals surface area (Å²) in [6, 6.07) is 3.90. The topological polar surface area (TPSA) is 34.9 Å². The third-order valence-electron chi connectivity index (χ3n) is 2.83. The minimum Gasteiger partial charge on any atom is -0.302 e. The number of aryl methyl sites for hydroxylation is 2. The molecule has 2 rings (SSSR count). The largest absolute Gasteiger partial charge is 0.302 e. The number of pyridine rings is 1. The van der Waals surface area contributed by atoms with E-state index in [0.717, 1.165) is 33.5 Å². The minimum atomic E-state index is 0.714. The molecular formula is C13H13BrN2O. The molecule has 0 fully saturated rings. The molecule has 0 aliphatic carbocycles. The van der Waals surface area contributed by atoms with Crippen LogP contribution < -0.4 is 0 Å². The van der Waals surface area contributed by atoms with Crippen molar-refractivity contribution >= 4 is 22.2 Å². The molecule has 0 atom stereocenters. The molecule has 0 bridgehead atoms. The predicted octanol–water partition coefficient (Wildman–Crippen LogP) is 3.37. The smallest absolute Gasteiger partial charge is 0.151 e. The number of hydrogen-bond acceptors (Lipinski definition) is 2. The Morgan fingerprint density at radius 2 is 2.00 bits per heavy atom. The molecule has 0 aliphatic heterocycles. The first-order valence-corrected chi connectivity index (χ1v) is 6.10. The van der Waals surface area contributed by atoms with Gasteiger partial charge in [0.15, 0.2) is 6.29 Å². The highest BCUT2D eigenvalue weighted by Gasteiger charge is 2.12. The van der Waals surface area contributed by atoms with Crippen molar-refractivity contribution in [2.24, 2.45) is 0 Å². The molecule has 0 spiro atoms. The molecule has 0 N–H and O–H groups in total.